The minimum Gasteiger partial charge on any atom is -0.467 e. The van der Waals surface area contributed by atoms with Crippen LogP contribution in [-0.2, 0) is 19.1 Å². The molecule has 0 fully saturated rings. The van der Waals surface area contributed by atoms with Gasteiger partial charge in [0.1, 0.15) is 11.4 Å². The van der Waals surface area contributed by atoms with Gasteiger partial charge >= 0.3 is 11.9 Å². The highest BCUT2D eigenvalue weighted by Gasteiger charge is 2.45. The van der Waals surface area contributed by atoms with Gasteiger partial charge in [-0.1, -0.05) is 32.9 Å². The summed E-state index contributed by atoms with van der Waals surface area (Å²) in [6, 6.07) is 4.85. The van der Waals surface area contributed by atoms with Gasteiger partial charge in [0.05, 0.1) is 25.0 Å². The van der Waals surface area contributed by atoms with E-state index in [9.17, 15) is 19.2 Å². The third-order valence-electron chi connectivity index (χ3n) is 5.25. The zero-order valence-electron chi connectivity index (χ0n) is 19.4. The monoisotopic (exact) mass is 443 g/mol. The first-order valence-corrected chi connectivity index (χ1v) is 10.3. The minimum atomic E-state index is -1.47. The van der Waals surface area contributed by atoms with Gasteiger partial charge in [-0.2, -0.15) is 4.68 Å². The van der Waals surface area contributed by atoms with Crippen LogP contribution < -0.4 is 16.4 Å². The van der Waals surface area contributed by atoms with Crippen LogP contribution in [0.4, 0.5) is 0 Å². The fourth-order valence-electron chi connectivity index (χ4n) is 4.55. The van der Waals surface area contributed by atoms with Gasteiger partial charge in [0.15, 0.2) is 6.04 Å². The molecule has 1 N–H and O–H groups in total. The highest BCUT2D eigenvalue weighted by molar-refractivity contribution is 6.02. The van der Waals surface area contributed by atoms with Gasteiger partial charge in [-0.25, -0.2) is 14.3 Å². The number of carbonyl (C=O) groups excluding carboxylic acids is 2. The second-order valence-electron chi connectivity index (χ2n) is 9.74. The van der Waals surface area contributed by atoms with Crippen molar-refractivity contribution in [3.63, 3.8) is 0 Å². The molecule has 2 heterocycles. The lowest BCUT2D eigenvalue weighted by Gasteiger charge is -2.35. The molecule has 172 valence electrons. The molecule has 9 heteroatoms. The molecule has 32 heavy (non-hydrogen) atoms. The highest BCUT2D eigenvalue weighted by Crippen LogP contribution is 2.34. The molecule has 1 unspecified atom stereocenters. The van der Waals surface area contributed by atoms with Gasteiger partial charge in [0.25, 0.3) is 11.1 Å². The fraction of sp³-hybridized carbons (Fsp3) is 0.478. The van der Waals surface area contributed by atoms with Crippen LogP contribution in [0.25, 0.3) is 16.6 Å². The van der Waals surface area contributed by atoms with Crippen molar-refractivity contribution in [3.8, 4) is 0 Å². The van der Waals surface area contributed by atoms with E-state index in [1.165, 1.54) is 19.2 Å². The average molecular weight is 444 g/mol. The molecule has 0 saturated carbocycles. The van der Waals surface area contributed by atoms with Gasteiger partial charge < -0.3 is 14.8 Å². The van der Waals surface area contributed by atoms with Crippen molar-refractivity contribution in [1.82, 2.24) is 14.7 Å². The summed E-state index contributed by atoms with van der Waals surface area (Å²) in [6.45, 7) is 10.0. The van der Waals surface area contributed by atoms with E-state index in [1.54, 1.807) is 12.1 Å². The van der Waals surface area contributed by atoms with Crippen molar-refractivity contribution in [2.45, 2.75) is 52.6 Å². The Morgan fingerprint density at radius 1 is 0.969 bits per heavy atom. The van der Waals surface area contributed by atoms with E-state index >= 15 is 0 Å². The number of aromatic nitrogens is 2. The summed E-state index contributed by atoms with van der Waals surface area (Å²) in [5.41, 5.74) is -1.99. The van der Waals surface area contributed by atoms with Crippen molar-refractivity contribution in [1.29, 1.82) is 0 Å². The van der Waals surface area contributed by atoms with Crippen LogP contribution in [-0.4, -0.2) is 41.1 Å². The molecule has 3 rings (SSSR count). The molecule has 0 aliphatic carbocycles. The van der Waals surface area contributed by atoms with Crippen LogP contribution in [0.3, 0.4) is 0 Å². The lowest BCUT2D eigenvalue weighted by atomic mass is 9.81. The normalized spacial score (nSPS) is 16.2. The first kappa shape index (κ1) is 23.3. The molecule has 1 aliphatic heterocycles. The summed E-state index contributed by atoms with van der Waals surface area (Å²) < 4.78 is 11.9. The number of hydrogen-bond acceptors (Lipinski definition) is 7. The third-order valence-corrected chi connectivity index (χ3v) is 5.25. The van der Waals surface area contributed by atoms with E-state index in [0.717, 1.165) is 16.5 Å². The smallest absolute Gasteiger partial charge is 0.340 e. The predicted octanol–water partition coefficient (Wildman–Crippen LogP) is 2.04. The average Bonchev–Trinajstić information content (AvgIpc) is 3.03. The summed E-state index contributed by atoms with van der Waals surface area (Å²) in [7, 11) is 2.33. The fourth-order valence-corrected chi connectivity index (χ4v) is 4.55. The first-order chi connectivity index (χ1) is 14.8. The van der Waals surface area contributed by atoms with Gasteiger partial charge in [0, 0.05) is 5.54 Å². The minimum absolute atomic E-state index is 0.0364. The zero-order chi connectivity index (χ0) is 24.0. The maximum Gasteiger partial charge on any atom is 0.340 e. The number of esters is 2. The number of ether oxygens (including phenoxy) is 2. The van der Waals surface area contributed by atoms with Crippen molar-refractivity contribution < 1.29 is 19.1 Å². The number of methoxy groups -OCH3 is 2. The molecule has 0 bridgehead atoms. The standard InChI is InChI=1S/C23H29N3O6/c1-22(2,3)12-23(4,5)24-17-15(20(29)31-6)16(21(30)32-7)25-18(27)13-10-8-9-11-14(13)19(28)26(17)25/h8-11,16,24H,12H2,1-7H3. The second kappa shape index (κ2) is 7.96. The molecule has 9 nitrogen and oxygen atoms in total. The van der Waals surface area contributed by atoms with Crippen LogP contribution in [0.15, 0.2) is 39.4 Å². The van der Waals surface area contributed by atoms with Crippen LogP contribution in [0.1, 0.15) is 47.1 Å². The lowest BCUT2D eigenvalue weighted by molar-refractivity contribution is -0.146. The molecule has 1 atom stereocenters. The number of carbonyl (C=O) groups is 2. The van der Waals surface area contributed by atoms with Crippen molar-refractivity contribution in [3.05, 3.63) is 50.5 Å². The summed E-state index contributed by atoms with van der Waals surface area (Å²) in [5.74, 6) is -1.66. The molecule has 2 aromatic rings. The quantitative estimate of drug-likeness (QED) is 0.705. The highest BCUT2D eigenvalue weighted by atomic mass is 16.5. The predicted molar refractivity (Wildman–Crippen MR) is 120 cm³/mol. The lowest BCUT2D eigenvalue weighted by Crippen LogP contribution is -2.46. The molecule has 1 aromatic carbocycles. The van der Waals surface area contributed by atoms with Gasteiger partial charge in [-0.15, -0.1) is 0 Å². The second-order valence-corrected chi connectivity index (χ2v) is 9.74. The summed E-state index contributed by atoms with van der Waals surface area (Å²) >= 11 is 0. The van der Waals surface area contributed by atoms with Gasteiger partial charge in [-0.3, -0.25) is 9.59 Å². The number of benzene rings is 1. The number of rotatable bonds is 5. The Balaban J connectivity index is 2.41. The molecule has 1 aromatic heterocycles. The topological polar surface area (TPSA) is 109 Å². The maximum atomic E-state index is 13.5. The number of hydrogen-bond donors (Lipinski definition) is 1. The third kappa shape index (κ3) is 3.94. The summed E-state index contributed by atoms with van der Waals surface area (Å²) in [6.07, 6.45) is 0.660. The first-order valence-electron chi connectivity index (χ1n) is 10.3. The molecule has 0 saturated heterocycles. The Morgan fingerprint density at radius 2 is 1.53 bits per heavy atom. The van der Waals surface area contributed by atoms with Crippen molar-refractivity contribution in [2.24, 2.45) is 5.41 Å². The Kier molecular flexibility index (Phi) is 5.80. The van der Waals surface area contributed by atoms with Crippen molar-refractivity contribution in [2.75, 3.05) is 14.2 Å². The summed E-state index contributed by atoms with van der Waals surface area (Å²) in [5, 5.41) is 3.57. The Morgan fingerprint density at radius 3 is 2.03 bits per heavy atom. The Bertz CT molecular complexity index is 1240. The van der Waals surface area contributed by atoms with E-state index in [1.807, 2.05) is 13.8 Å². The molecule has 0 radical (unpaired) electrons. The molecular formula is C23H29N3O6. The SMILES string of the molecule is COC(=O)C1=C(NC(C)(C)CC(C)(C)C)n2c(=O)c3ccccc3c(=O)n2C1C(=O)OC. The van der Waals surface area contributed by atoms with Crippen LogP contribution >= 0.6 is 0 Å². The molecule has 0 spiro atoms. The van der Waals surface area contributed by atoms with E-state index < -0.39 is 34.6 Å². The van der Waals surface area contributed by atoms with E-state index in [4.69, 9.17) is 9.47 Å². The number of nitrogens with one attached hydrogen (secondary N) is 1. The van der Waals surface area contributed by atoms with Crippen molar-refractivity contribution >= 4 is 28.5 Å². The molecule has 0 amide bonds. The summed E-state index contributed by atoms with van der Waals surface area (Å²) in [4.78, 5) is 52.5. The Labute approximate surface area is 185 Å². The largest absolute Gasteiger partial charge is 0.467 e. The zero-order valence-corrected chi connectivity index (χ0v) is 19.4. The maximum absolute atomic E-state index is 13.5. The van der Waals surface area contributed by atoms with Crippen LogP contribution in [0, 0.1) is 5.41 Å². The number of nitrogens with zero attached hydrogens (tertiary/aromatic N) is 2. The van der Waals surface area contributed by atoms with E-state index in [-0.39, 0.29) is 27.6 Å². The van der Waals surface area contributed by atoms with E-state index in [0.29, 0.717) is 6.42 Å². The Hall–Kier alpha value is -3.36. The number of fused-ring (bicyclic) bond motifs is 2. The van der Waals surface area contributed by atoms with Crippen LogP contribution in [0.2, 0.25) is 0 Å². The van der Waals surface area contributed by atoms with E-state index in [2.05, 4.69) is 26.1 Å². The van der Waals surface area contributed by atoms with Gasteiger partial charge in [0.2, 0.25) is 0 Å². The van der Waals surface area contributed by atoms with Crippen LogP contribution in [0.5, 0.6) is 0 Å². The molecular weight excluding hydrogens is 414 g/mol. The van der Waals surface area contributed by atoms with Gasteiger partial charge in [-0.05, 0) is 37.8 Å². The molecule has 1 aliphatic rings.